The molecular formula is C12H13NO2S. The van der Waals surface area contributed by atoms with Gasteiger partial charge in [-0.15, -0.1) is 0 Å². The predicted octanol–water partition coefficient (Wildman–Crippen LogP) is 1.80. The molecule has 1 aliphatic rings. The molecule has 0 saturated heterocycles. The molecule has 84 valence electrons. The van der Waals surface area contributed by atoms with E-state index < -0.39 is 5.41 Å². The van der Waals surface area contributed by atoms with Gasteiger partial charge in [-0.3, -0.25) is 4.79 Å². The maximum absolute atomic E-state index is 11.8. The van der Waals surface area contributed by atoms with Crippen LogP contribution in [0.3, 0.4) is 0 Å². The molecule has 2 rings (SSSR count). The van der Waals surface area contributed by atoms with E-state index in [2.05, 4.69) is 0 Å². The lowest BCUT2D eigenvalue weighted by atomic mass is 10.1. The van der Waals surface area contributed by atoms with Crippen LogP contribution in [0.4, 0.5) is 0 Å². The molecule has 0 heterocycles. The average Bonchev–Trinajstić information content (AvgIpc) is 3.08. The molecule has 1 fully saturated rings. The molecule has 0 amide bonds. The molecule has 0 bridgehead atoms. The third kappa shape index (κ3) is 2.07. The molecule has 1 saturated carbocycles. The van der Waals surface area contributed by atoms with Gasteiger partial charge in [-0.1, -0.05) is 42.5 Å². The number of benzene rings is 1. The van der Waals surface area contributed by atoms with Gasteiger partial charge in [-0.2, -0.15) is 0 Å². The Morgan fingerprint density at radius 2 is 2.00 bits per heavy atom. The Balaban J connectivity index is 1.92. The summed E-state index contributed by atoms with van der Waals surface area (Å²) in [6, 6.07) is 9.55. The second-order valence-corrected chi connectivity index (χ2v) is 4.45. The van der Waals surface area contributed by atoms with E-state index in [0.717, 1.165) is 18.4 Å². The minimum Gasteiger partial charge on any atom is -0.460 e. The molecule has 3 nitrogen and oxygen atoms in total. The largest absolute Gasteiger partial charge is 0.460 e. The first-order chi connectivity index (χ1) is 7.65. The summed E-state index contributed by atoms with van der Waals surface area (Å²) in [5.41, 5.74) is 5.84. The van der Waals surface area contributed by atoms with Crippen LogP contribution in [0.15, 0.2) is 30.3 Å². The van der Waals surface area contributed by atoms with E-state index in [9.17, 15) is 4.79 Å². The number of carbonyl (C=O) groups is 1. The van der Waals surface area contributed by atoms with Crippen molar-refractivity contribution in [2.45, 2.75) is 19.4 Å². The zero-order valence-electron chi connectivity index (χ0n) is 8.81. The molecule has 0 spiro atoms. The molecule has 0 radical (unpaired) electrons. The maximum atomic E-state index is 11.8. The lowest BCUT2D eigenvalue weighted by Gasteiger charge is -2.12. The van der Waals surface area contributed by atoms with Crippen molar-refractivity contribution in [2.75, 3.05) is 0 Å². The standard InChI is InChI=1S/C12H13NO2S/c13-10(16)12(6-7-12)11(14)15-8-9-4-2-1-3-5-9/h1-5H,6-8H2,(H2,13,16). The van der Waals surface area contributed by atoms with Crippen LogP contribution < -0.4 is 5.73 Å². The first kappa shape index (κ1) is 11.1. The van der Waals surface area contributed by atoms with Gasteiger partial charge < -0.3 is 10.5 Å². The number of carbonyl (C=O) groups excluding carboxylic acids is 1. The summed E-state index contributed by atoms with van der Waals surface area (Å²) >= 11 is 4.88. The summed E-state index contributed by atoms with van der Waals surface area (Å²) in [5, 5.41) is 0. The first-order valence-electron chi connectivity index (χ1n) is 5.16. The minimum absolute atomic E-state index is 0.255. The predicted molar refractivity (Wildman–Crippen MR) is 64.7 cm³/mol. The molecule has 1 aromatic rings. The van der Waals surface area contributed by atoms with Crippen LogP contribution in [0, 0.1) is 5.41 Å². The second-order valence-electron chi connectivity index (χ2n) is 4.01. The number of ether oxygens (including phenoxy) is 1. The number of rotatable bonds is 4. The SMILES string of the molecule is NC(=S)C1(C(=O)OCc2ccccc2)CC1. The summed E-state index contributed by atoms with van der Waals surface area (Å²) in [5.74, 6) is -0.288. The molecule has 1 aliphatic carbocycles. The summed E-state index contributed by atoms with van der Waals surface area (Å²) < 4.78 is 5.21. The van der Waals surface area contributed by atoms with Gasteiger partial charge in [-0.05, 0) is 18.4 Å². The fourth-order valence-corrected chi connectivity index (χ4v) is 1.82. The Kier molecular flexibility index (Phi) is 2.92. The third-order valence-corrected chi connectivity index (χ3v) is 3.22. The first-order valence-corrected chi connectivity index (χ1v) is 5.57. The van der Waals surface area contributed by atoms with Gasteiger partial charge in [0.15, 0.2) is 0 Å². The number of nitrogens with two attached hydrogens (primary N) is 1. The zero-order valence-corrected chi connectivity index (χ0v) is 9.63. The van der Waals surface area contributed by atoms with Gasteiger partial charge in [0.05, 0.1) is 4.99 Å². The van der Waals surface area contributed by atoms with E-state index >= 15 is 0 Å². The van der Waals surface area contributed by atoms with Crippen LogP contribution in [-0.4, -0.2) is 11.0 Å². The van der Waals surface area contributed by atoms with E-state index in [-0.39, 0.29) is 17.6 Å². The topological polar surface area (TPSA) is 52.3 Å². The molecular weight excluding hydrogens is 222 g/mol. The van der Waals surface area contributed by atoms with Crippen molar-refractivity contribution in [3.05, 3.63) is 35.9 Å². The molecule has 1 aromatic carbocycles. The molecule has 4 heteroatoms. The van der Waals surface area contributed by atoms with Gasteiger partial charge >= 0.3 is 5.97 Å². The van der Waals surface area contributed by atoms with E-state index in [1.54, 1.807) is 0 Å². The highest BCUT2D eigenvalue weighted by Gasteiger charge is 2.54. The lowest BCUT2D eigenvalue weighted by molar-refractivity contribution is -0.148. The minimum atomic E-state index is -0.663. The summed E-state index contributed by atoms with van der Waals surface area (Å²) in [6.45, 7) is 0.282. The summed E-state index contributed by atoms with van der Waals surface area (Å²) in [6.07, 6.45) is 1.44. The third-order valence-electron chi connectivity index (χ3n) is 2.83. The van der Waals surface area contributed by atoms with Crippen molar-refractivity contribution >= 4 is 23.2 Å². The summed E-state index contributed by atoms with van der Waals surface area (Å²) in [7, 11) is 0. The zero-order chi connectivity index (χ0) is 11.6. The maximum Gasteiger partial charge on any atom is 0.319 e. The molecule has 16 heavy (non-hydrogen) atoms. The number of thiocarbonyl (C=S) groups is 1. The Morgan fingerprint density at radius 3 is 2.50 bits per heavy atom. The molecule has 0 aliphatic heterocycles. The Morgan fingerprint density at radius 1 is 1.38 bits per heavy atom. The van der Waals surface area contributed by atoms with Gasteiger partial charge in [0.2, 0.25) is 0 Å². The average molecular weight is 235 g/mol. The van der Waals surface area contributed by atoms with Crippen molar-refractivity contribution in [3.63, 3.8) is 0 Å². The van der Waals surface area contributed by atoms with Crippen LogP contribution in [-0.2, 0) is 16.1 Å². The van der Waals surface area contributed by atoms with Crippen LogP contribution >= 0.6 is 12.2 Å². The molecule has 2 N–H and O–H groups in total. The van der Waals surface area contributed by atoms with Gasteiger partial charge in [0, 0.05) is 0 Å². The normalized spacial score (nSPS) is 16.5. The van der Waals surface area contributed by atoms with Crippen molar-refractivity contribution < 1.29 is 9.53 Å². The van der Waals surface area contributed by atoms with Gasteiger partial charge in [0.25, 0.3) is 0 Å². The van der Waals surface area contributed by atoms with Crippen molar-refractivity contribution in [1.82, 2.24) is 0 Å². The Bertz CT molecular complexity index is 412. The molecule has 0 aromatic heterocycles. The number of hydrogen-bond donors (Lipinski definition) is 1. The van der Waals surface area contributed by atoms with Crippen LogP contribution in [0.25, 0.3) is 0 Å². The van der Waals surface area contributed by atoms with E-state index in [4.69, 9.17) is 22.7 Å². The van der Waals surface area contributed by atoms with E-state index in [0.29, 0.717) is 0 Å². The van der Waals surface area contributed by atoms with Gasteiger partial charge in [0.1, 0.15) is 12.0 Å². The molecule has 0 atom stereocenters. The number of esters is 1. The number of hydrogen-bond acceptors (Lipinski definition) is 3. The second kappa shape index (κ2) is 4.22. The molecule has 0 unspecified atom stereocenters. The van der Waals surface area contributed by atoms with E-state index in [1.807, 2.05) is 30.3 Å². The van der Waals surface area contributed by atoms with Crippen LogP contribution in [0.2, 0.25) is 0 Å². The quantitative estimate of drug-likeness (QED) is 0.638. The highest BCUT2D eigenvalue weighted by Crippen LogP contribution is 2.47. The summed E-state index contributed by atoms with van der Waals surface area (Å²) in [4.78, 5) is 12.0. The van der Waals surface area contributed by atoms with Crippen molar-refractivity contribution in [3.8, 4) is 0 Å². The van der Waals surface area contributed by atoms with Crippen molar-refractivity contribution in [2.24, 2.45) is 11.1 Å². The van der Waals surface area contributed by atoms with E-state index in [1.165, 1.54) is 0 Å². The Labute approximate surface area is 99.6 Å². The highest BCUT2D eigenvalue weighted by molar-refractivity contribution is 7.80. The smallest absolute Gasteiger partial charge is 0.319 e. The highest BCUT2D eigenvalue weighted by atomic mass is 32.1. The fourth-order valence-electron chi connectivity index (χ4n) is 1.54. The lowest BCUT2D eigenvalue weighted by Crippen LogP contribution is -2.32. The fraction of sp³-hybridized carbons (Fsp3) is 0.333. The van der Waals surface area contributed by atoms with Crippen LogP contribution in [0.1, 0.15) is 18.4 Å². The monoisotopic (exact) mass is 235 g/mol. The van der Waals surface area contributed by atoms with Gasteiger partial charge in [-0.25, -0.2) is 0 Å². The van der Waals surface area contributed by atoms with Crippen molar-refractivity contribution in [1.29, 1.82) is 0 Å². The Hall–Kier alpha value is -1.42. The van der Waals surface area contributed by atoms with Crippen LogP contribution in [0.5, 0.6) is 0 Å².